The van der Waals surface area contributed by atoms with Crippen LogP contribution in [0.25, 0.3) is 0 Å². The third-order valence-electron chi connectivity index (χ3n) is 3.36. The number of aliphatic hydroxyl groups excluding tert-OH is 1. The monoisotopic (exact) mass is 185 g/mol. The summed E-state index contributed by atoms with van der Waals surface area (Å²) in [6, 6.07) is 0. The van der Waals surface area contributed by atoms with Crippen LogP contribution in [-0.2, 0) is 4.74 Å². The highest BCUT2D eigenvalue weighted by Gasteiger charge is 2.47. The van der Waals surface area contributed by atoms with E-state index in [2.05, 4.69) is 4.90 Å². The Morgan fingerprint density at radius 2 is 2.15 bits per heavy atom. The predicted molar refractivity (Wildman–Crippen MR) is 50.6 cm³/mol. The van der Waals surface area contributed by atoms with Crippen molar-refractivity contribution in [3.63, 3.8) is 0 Å². The molecule has 1 aliphatic carbocycles. The van der Waals surface area contributed by atoms with E-state index in [0.29, 0.717) is 12.0 Å². The molecule has 0 aromatic carbocycles. The van der Waals surface area contributed by atoms with Gasteiger partial charge in [0.2, 0.25) is 0 Å². The molecule has 2 aliphatic rings. The average Bonchev–Trinajstić information content (AvgIpc) is 1.92. The quantitative estimate of drug-likeness (QED) is 0.691. The standard InChI is InChI=1S/C10H19NO2/c1-13-6-9(12)5-11-7-10(8-11)3-2-4-10/h9,12H,2-8H2,1H3. The van der Waals surface area contributed by atoms with Crippen LogP contribution in [0.2, 0.25) is 0 Å². The SMILES string of the molecule is COCC(O)CN1CC2(CCC2)C1. The Balaban J connectivity index is 1.63. The Morgan fingerprint density at radius 3 is 2.62 bits per heavy atom. The summed E-state index contributed by atoms with van der Waals surface area (Å²) >= 11 is 0. The molecule has 0 radical (unpaired) electrons. The summed E-state index contributed by atoms with van der Waals surface area (Å²) in [6.45, 7) is 3.65. The number of methoxy groups -OCH3 is 1. The van der Waals surface area contributed by atoms with Gasteiger partial charge in [-0.1, -0.05) is 6.42 Å². The lowest BCUT2D eigenvalue weighted by atomic mass is 9.63. The first-order chi connectivity index (χ1) is 6.24. The molecule has 1 unspecified atom stereocenters. The summed E-state index contributed by atoms with van der Waals surface area (Å²) in [7, 11) is 1.63. The maximum Gasteiger partial charge on any atom is 0.0900 e. The van der Waals surface area contributed by atoms with E-state index in [1.165, 1.54) is 32.4 Å². The molecule has 2 fully saturated rings. The van der Waals surface area contributed by atoms with E-state index in [1.807, 2.05) is 0 Å². The van der Waals surface area contributed by atoms with Gasteiger partial charge in [-0.05, 0) is 18.3 Å². The molecule has 0 amide bonds. The molecule has 76 valence electrons. The molecular weight excluding hydrogens is 166 g/mol. The highest BCUT2D eigenvalue weighted by atomic mass is 16.5. The van der Waals surface area contributed by atoms with Gasteiger partial charge in [0.05, 0.1) is 12.7 Å². The Kier molecular flexibility index (Phi) is 2.58. The summed E-state index contributed by atoms with van der Waals surface area (Å²) in [6.07, 6.45) is 3.92. The van der Waals surface area contributed by atoms with Crippen LogP contribution in [0.4, 0.5) is 0 Å². The first-order valence-corrected chi connectivity index (χ1v) is 5.13. The van der Waals surface area contributed by atoms with Gasteiger partial charge in [0.1, 0.15) is 0 Å². The van der Waals surface area contributed by atoms with Crippen molar-refractivity contribution in [2.24, 2.45) is 5.41 Å². The number of aliphatic hydroxyl groups is 1. The summed E-state index contributed by atoms with van der Waals surface area (Å²) in [5.74, 6) is 0. The average molecular weight is 185 g/mol. The van der Waals surface area contributed by atoms with Crippen LogP contribution in [0, 0.1) is 5.41 Å². The third kappa shape index (κ3) is 1.87. The zero-order valence-corrected chi connectivity index (χ0v) is 8.33. The van der Waals surface area contributed by atoms with Crippen molar-refractivity contribution in [1.29, 1.82) is 0 Å². The van der Waals surface area contributed by atoms with Crippen molar-refractivity contribution >= 4 is 0 Å². The largest absolute Gasteiger partial charge is 0.389 e. The van der Waals surface area contributed by atoms with E-state index in [-0.39, 0.29) is 6.10 Å². The topological polar surface area (TPSA) is 32.7 Å². The fourth-order valence-corrected chi connectivity index (χ4v) is 2.57. The second-order valence-electron chi connectivity index (χ2n) is 4.63. The van der Waals surface area contributed by atoms with Gasteiger partial charge in [-0.15, -0.1) is 0 Å². The van der Waals surface area contributed by atoms with Crippen LogP contribution in [0.3, 0.4) is 0 Å². The maximum absolute atomic E-state index is 9.48. The number of hydrogen-bond donors (Lipinski definition) is 1. The van der Waals surface area contributed by atoms with Crippen molar-refractivity contribution in [2.75, 3.05) is 33.4 Å². The van der Waals surface area contributed by atoms with Crippen LogP contribution in [-0.4, -0.2) is 49.5 Å². The van der Waals surface area contributed by atoms with Crippen molar-refractivity contribution in [3.8, 4) is 0 Å². The zero-order valence-electron chi connectivity index (χ0n) is 8.33. The van der Waals surface area contributed by atoms with Crippen molar-refractivity contribution in [1.82, 2.24) is 4.90 Å². The number of nitrogens with zero attached hydrogens (tertiary/aromatic N) is 1. The van der Waals surface area contributed by atoms with E-state index in [4.69, 9.17) is 4.74 Å². The molecule has 0 aromatic heterocycles. The van der Waals surface area contributed by atoms with Gasteiger partial charge in [0.25, 0.3) is 0 Å². The van der Waals surface area contributed by atoms with Crippen LogP contribution in [0.15, 0.2) is 0 Å². The molecule has 13 heavy (non-hydrogen) atoms. The van der Waals surface area contributed by atoms with Crippen LogP contribution in [0.5, 0.6) is 0 Å². The molecule has 1 spiro atoms. The second-order valence-corrected chi connectivity index (χ2v) is 4.63. The van der Waals surface area contributed by atoms with E-state index < -0.39 is 0 Å². The Morgan fingerprint density at radius 1 is 1.46 bits per heavy atom. The van der Waals surface area contributed by atoms with Crippen LogP contribution < -0.4 is 0 Å². The molecule has 2 rings (SSSR count). The lowest BCUT2D eigenvalue weighted by Gasteiger charge is -2.56. The molecule has 1 heterocycles. The van der Waals surface area contributed by atoms with Crippen molar-refractivity contribution in [2.45, 2.75) is 25.4 Å². The fourth-order valence-electron chi connectivity index (χ4n) is 2.57. The number of β-amino-alcohol motifs (C(OH)–C–C–N with tert-alkyl or cyclic N) is 1. The Hall–Kier alpha value is -0.120. The van der Waals surface area contributed by atoms with Gasteiger partial charge < -0.3 is 9.84 Å². The van der Waals surface area contributed by atoms with E-state index >= 15 is 0 Å². The Labute approximate surface area is 79.7 Å². The predicted octanol–water partition coefficient (Wildman–Crippen LogP) is 0.480. The number of likely N-dealkylation sites (tertiary alicyclic amines) is 1. The smallest absolute Gasteiger partial charge is 0.0900 e. The van der Waals surface area contributed by atoms with Gasteiger partial charge >= 0.3 is 0 Å². The lowest BCUT2D eigenvalue weighted by molar-refractivity contribution is -0.0831. The van der Waals surface area contributed by atoms with Crippen LogP contribution >= 0.6 is 0 Å². The minimum absolute atomic E-state index is 0.303. The highest BCUT2D eigenvalue weighted by Crippen LogP contribution is 2.47. The molecule has 0 bridgehead atoms. The van der Waals surface area contributed by atoms with Gasteiger partial charge in [0.15, 0.2) is 0 Å². The number of hydrogen-bond acceptors (Lipinski definition) is 3. The number of rotatable bonds is 4. The van der Waals surface area contributed by atoms with Crippen LogP contribution in [0.1, 0.15) is 19.3 Å². The lowest BCUT2D eigenvalue weighted by Crippen LogP contribution is -2.61. The van der Waals surface area contributed by atoms with Gasteiger partial charge in [0, 0.05) is 26.7 Å². The van der Waals surface area contributed by atoms with E-state index in [9.17, 15) is 5.11 Å². The summed E-state index contributed by atoms with van der Waals surface area (Å²) in [4.78, 5) is 2.34. The minimum Gasteiger partial charge on any atom is -0.389 e. The van der Waals surface area contributed by atoms with Crippen molar-refractivity contribution < 1.29 is 9.84 Å². The van der Waals surface area contributed by atoms with Crippen molar-refractivity contribution in [3.05, 3.63) is 0 Å². The summed E-state index contributed by atoms with van der Waals surface area (Å²) in [5.41, 5.74) is 0.673. The van der Waals surface area contributed by atoms with Gasteiger partial charge in [-0.3, -0.25) is 4.90 Å². The molecule has 1 saturated heterocycles. The molecule has 3 nitrogen and oxygen atoms in total. The molecule has 1 aliphatic heterocycles. The first kappa shape index (κ1) is 9.44. The molecule has 1 atom stereocenters. The molecule has 0 aromatic rings. The Bertz CT molecular complexity index is 172. The minimum atomic E-state index is -0.303. The molecule has 1 saturated carbocycles. The summed E-state index contributed by atoms with van der Waals surface area (Å²) in [5, 5.41) is 9.48. The number of ether oxygens (including phenoxy) is 1. The molecule has 3 heteroatoms. The highest BCUT2D eigenvalue weighted by molar-refractivity contribution is 5.00. The molecule has 1 N–H and O–H groups in total. The molecular formula is C10H19NO2. The first-order valence-electron chi connectivity index (χ1n) is 5.13. The second kappa shape index (κ2) is 3.56. The van der Waals surface area contributed by atoms with E-state index in [0.717, 1.165) is 6.54 Å². The zero-order chi connectivity index (χ0) is 9.31. The normalized spacial score (nSPS) is 28.2. The fraction of sp³-hybridized carbons (Fsp3) is 1.00. The van der Waals surface area contributed by atoms with Gasteiger partial charge in [-0.2, -0.15) is 0 Å². The maximum atomic E-state index is 9.48. The third-order valence-corrected chi connectivity index (χ3v) is 3.36. The van der Waals surface area contributed by atoms with Gasteiger partial charge in [-0.25, -0.2) is 0 Å². The summed E-state index contributed by atoms with van der Waals surface area (Å²) < 4.78 is 4.89. The van der Waals surface area contributed by atoms with E-state index in [1.54, 1.807) is 7.11 Å².